The van der Waals surface area contributed by atoms with Crippen molar-refractivity contribution < 1.29 is 14.6 Å². The monoisotopic (exact) mass is 163 g/mol. The minimum Gasteiger partial charge on any atom is -0.366 e. The number of aliphatic hydroxyl groups is 1. The van der Waals surface area contributed by atoms with Crippen molar-refractivity contribution in [2.24, 2.45) is 5.18 Å². The van der Waals surface area contributed by atoms with Gasteiger partial charge in [-0.05, 0) is 5.18 Å². The standard InChI is InChI=1S/C4H7NO4.C2H6/c6-4-2-8-3(5-7)1-9-4;1-2/h3-4,6H,1-2H2;1-2H3. The Kier molecular flexibility index (Phi) is 5.91. The van der Waals surface area contributed by atoms with Crippen LogP contribution in [0.25, 0.3) is 0 Å². The number of rotatable bonds is 1. The van der Waals surface area contributed by atoms with Gasteiger partial charge >= 0.3 is 0 Å². The Labute approximate surface area is 65.3 Å². The Morgan fingerprint density at radius 1 is 1.36 bits per heavy atom. The highest BCUT2D eigenvalue weighted by molar-refractivity contribution is 4.57. The molecule has 0 aliphatic carbocycles. The summed E-state index contributed by atoms with van der Waals surface area (Å²) in [6, 6.07) is 0. The van der Waals surface area contributed by atoms with Gasteiger partial charge in [-0.1, -0.05) is 13.8 Å². The summed E-state index contributed by atoms with van der Waals surface area (Å²) >= 11 is 0. The SMILES string of the molecule is CC.O=NC1COC(O)CO1. The maximum absolute atomic E-state index is 9.73. The maximum Gasteiger partial charge on any atom is 0.213 e. The summed E-state index contributed by atoms with van der Waals surface area (Å²) in [6.45, 7) is 4.07. The molecule has 0 amide bonds. The summed E-state index contributed by atoms with van der Waals surface area (Å²) in [5, 5.41) is 11.2. The second-order valence-electron chi connectivity index (χ2n) is 1.68. The Morgan fingerprint density at radius 3 is 2.36 bits per heavy atom. The van der Waals surface area contributed by atoms with Crippen LogP contribution < -0.4 is 0 Å². The number of hydrogen-bond donors (Lipinski definition) is 1. The van der Waals surface area contributed by atoms with Crippen LogP contribution in [0.2, 0.25) is 0 Å². The van der Waals surface area contributed by atoms with Crippen LogP contribution in [0.1, 0.15) is 13.8 Å². The number of hydrogen-bond acceptors (Lipinski definition) is 5. The molecule has 0 saturated carbocycles. The average molecular weight is 163 g/mol. The van der Waals surface area contributed by atoms with Gasteiger partial charge in [-0.25, -0.2) is 0 Å². The van der Waals surface area contributed by atoms with E-state index < -0.39 is 12.5 Å². The van der Waals surface area contributed by atoms with Gasteiger partial charge in [-0.3, -0.25) is 0 Å². The fraction of sp³-hybridized carbons (Fsp3) is 1.00. The molecule has 5 nitrogen and oxygen atoms in total. The first-order valence-corrected chi connectivity index (χ1v) is 3.56. The van der Waals surface area contributed by atoms with E-state index in [0.29, 0.717) is 0 Å². The Morgan fingerprint density at radius 2 is 2.00 bits per heavy atom. The minimum absolute atomic E-state index is 0.0242. The topological polar surface area (TPSA) is 68.1 Å². The van der Waals surface area contributed by atoms with E-state index in [1.54, 1.807) is 0 Å². The van der Waals surface area contributed by atoms with Gasteiger partial charge in [0.05, 0.1) is 0 Å². The molecule has 1 saturated heterocycles. The van der Waals surface area contributed by atoms with Crippen molar-refractivity contribution in [2.75, 3.05) is 13.2 Å². The van der Waals surface area contributed by atoms with E-state index in [9.17, 15) is 4.91 Å². The van der Waals surface area contributed by atoms with Crippen molar-refractivity contribution in [3.8, 4) is 0 Å². The highest BCUT2D eigenvalue weighted by atomic mass is 16.7. The Hall–Kier alpha value is -0.520. The fourth-order valence-electron chi connectivity index (χ4n) is 0.544. The summed E-state index contributed by atoms with van der Waals surface area (Å²) in [5.74, 6) is 0. The molecular weight excluding hydrogens is 150 g/mol. The average Bonchev–Trinajstić information content (AvgIpc) is 2.10. The van der Waals surface area contributed by atoms with E-state index >= 15 is 0 Å². The van der Waals surface area contributed by atoms with Gasteiger partial charge in [0.2, 0.25) is 6.23 Å². The smallest absolute Gasteiger partial charge is 0.213 e. The van der Waals surface area contributed by atoms with Crippen LogP contribution in [-0.4, -0.2) is 30.8 Å². The van der Waals surface area contributed by atoms with Crippen LogP contribution in [0, 0.1) is 4.91 Å². The normalized spacial score (nSPS) is 30.1. The molecular formula is C6H13NO4. The van der Waals surface area contributed by atoms with Crippen LogP contribution in [0.3, 0.4) is 0 Å². The molecule has 0 aromatic carbocycles. The number of ether oxygens (including phenoxy) is 2. The third-order valence-electron chi connectivity index (χ3n) is 0.980. The first-order valence-electron chi connectivity index (χ1n) is 3.56. The fourth-order valence-corrected chi connectivity index (χ4v) is 0.544. The molecule has 66 valence electrons. The number of nitroso groups, excluding NO2 is 1. The highest BCUT2D eigenvalue weighted by Gasteiger charge is 2.19. The predicted octanol–water partition coefficient (Wildman–Crippen LogP) is 0.470. The zero-order valence-electron chi connectivity index (χ0n) is 6.69. The summed E-state index contributed by atoms with van der Waals surface area (Å²) < 4.78 is 9.30. The molecule has 1 heterocycles. The van der Waals surface area contributed by atoms with E-state index in [0.717, 1.165) is 0 Å². The third-order valence-corrected chi connectivity index (χ3v) is 0.980. The van der Waals surface area contributed by atoms with Gasteiger partial charge in [0.25, 0.3) is 0 Å². The van der Waals surface area contributed by atoms with Crippen molar-refractivity contribution in [3.63, 3.8) is 0 Å². The molecule has 2 atom stereocenters. The summed E-state index contributed by atoms with van der Waals surface area (Å²) in [7, 11) is 0. The van der Waals surface area contributed by atoms with Crippen LogP contribution in [0.15, 0.2) is 5.18 Å². The summed E-state index contributed by atoms with van der Waals surface area (Å²) in [4.78, 5) is 9.73. The number of nitrogens with zero attached hydrogens (tertiary/aromatic N) is 1. The van der Waals surface area contributed by atoms with E-state index in [1.807, 2.05) is 13.8 Å². The zero-order valence-corrected chi connectivity index (χ0v) is 6.69. The Balaban J connectivity index is 0.000000461. The minimum atomic E-state index is -0.900. The van der Waals surface area contributed by atoms with Gasteiger partial charge in [-0.15, -0.1) is 4.91 Å². The third kappa shape index (κ3) is 4.02. The first-order chi connectivity index (χ1) is 5.33. The van der Waals surface area contributed by atoms with E-state index in [-0.39, 0.29) is 13.2 Å². The largest absolute Gasteiger partial charge is 0.366 e. The van der Waals surface area contributed by atoms with Gasteiger partial charge in [0.1, 0.15) is 13.2 Å². The molecule has 0 aromatic heterocycles. The molecule has 0 bridgehead atoms. The highest BCUT2D eigenvalue weighted by Crippen LogP contribution is 2.04. The lowest BCUT2D eigenvalue weighted by Crippen LogP contribution is -2.33. The van der Waals surface area contributed by atoms with Gasteiger partial charge in [0, 0.05) is 0 Å². The lowest BCUT2D eigenvalue weighted by molar-refractivity contribution is -0.210. The van der Waals surface area contributed by atoms with E-state index in [1.165, 1.54) is 0 Å². The molecule has 1 aliphatic rings. The molecule has 5 heteroatoms. The molecule has 0 aromatic rings. The van der Waals surface area contributed by atoms with E-state index in [2.05, 4.69) is 14.7 Å². The second kappa shape index (κ2) is 6.21. The molecule has 1 N–H and O–H groups in total. The van der Waals surface area contributed by atoms with E-state index in [4.69, 9.17) is 5.11 Å². The number of aliphatic hydroxyl groups excluding tert-OH is 1. The summed E-state index contributed by atoms with van der Waals surface area (Å²) in [6.07, 6.45) is -1.64. The van der Waals surface area contributed by atoms with Crippen molar-refractivity contribution in [2.45, 2.75) is 26.4 Å². The van der Waals surface area contributed by atoms with Crippen molar-refractivity contribution >= 4 is 0 Å². The van der Waals surface area contributed by atoms with Gasteiger partial charge in [-0.2, -0.15) is 0 Å². The molecule has 1 rings (SSSR count). The molecule has 0 spiro atoms. The first kappa shape index (κ1) is 10.5. The van der Waals surface area contributed by atoms with Crippen LogP contribution in [0.4, 0.5) is 0 Å². The predicted molar refractivity (Wildman–Crippen MR) is 38.8 cm³/mol. The van der Waals surface area contributed by atoms with Crippen LogP contribution >= 0.6 is 0 Å². The van der Waals surface area contributed by atoms with Crippen molar-refractivity contribution in [1.82, 2.24) is 0 Å². The molecule has 0 radical (unpaired) electrons. The quantitative estimate of drug-likeness (QED) is 0.570. The van der Waals surface area contributed by atoms with Gasteiger partial charge < -0.3 is 14.6 Å². The summed E-state index contributed by atoms with van der Waals surface area (Å²) in [5.41, 5.74) is 0. The molecule has 2 unspecified atom stereocenters. The molecule has 1 fully saturated rings. The lowest BCUT2D eigenvalue weighted by atomic mass is 10.5. The van der Waals surface area contributed by atoms with Crippen molar-refractivity contribution in [1.29, 1.82) is 0 Å². The molecule has 1 aliphatic heterocycles. The van der Waals surface area contributed by atoms with Crippen LogP contribution in [0.5, 0.6) is 0 Å². The molecule has 11 heavy (non-hydrogen) atoms. The Bertz CT molecular complexity index is 101. The second-order valence-corrected chi connectivity index (χ2v) is 1.68. The van der Waals surface area contributed by atoms with Crippen molar-refractivity contribution in [3.05, 3.63) is 4.91 Å². The maximum atomic E-state index is 9.73. The zero-order chi connectivity index (χ0) is 8.69. The lowest BCUT2D eigenvalue weighted by Gasteiger charge is -2.21. The van der Waals surface area contributed by atoms with Gasteiger partial charge in [0.15, 0.2) is 6.29 Å². The van der Waals surface area contributed by atoms with Crippen LogP contribution in [-0.2, 0) is 9.47 Å².